The molecule has 4 nitrogen and oxygen atoms in total. The quantitative estimate of drug-likeness (QED) is 0.691. The molecule has 0 radical (unpaired) electrons. The van der Waals surface area contributed by atoms with Gasteiger partial charge in [-0.2, -0.15) is 0 Å². The van der Waals surface area contributed by atoms with Crippen molar-refractivity contribution in [2.75, 3.05) is 0 Å². The zero-order valence-corrected chi connectivity index (χ0v) is 14.1. The SMILES string of the molecule is Cc1cccc2nc(COc3ccc(Cl)cc3Br)cc(=O)n12. The molecule has 0 N–H and O–H groups in total. The van der Waals surface area contributed by atoms with Crippen LogP contribution in [0.1, 0.15) is 11.4 Å². The van der Waals surface area contributed by atoms with Gasteiger partial charge in [-0.1, -0.05) is 17.7 Å². The first-order chi connectivity index (χ1) is 10.5. The highest BCUT2D eigenvalue weighted by molar-refractivity contribution is 9.10. The van der Waals surface area contributed by atoms with Gasteiger partial charge in [0.05, 0.1) is 10.2 Å². The number of nitrogens with zero attached hydrogens (tertiary/aromatic N) is 2. The highest BCUT2D eigenvalue weighted by Gasteiger charge is 2.07. The van der Waals surface area contributed by atoms with E-state index < -0.39 is 0 Å². The molecule has 6 heteroatoms. The van der Waals surface area contributed by atoms with Gasteiger partial charge in [0.25, 0.3) is 5.56 Å². The molecule has 0 saturated heterocycles. The van der Waals surface area contributed by atoms with Crippen molar-refractivity contribution in [1.82, 2.24) is 9.38 Å². The largest absolute Gasteiger partial charge is 0.486 e. The van der Waals surface area contributed by atoms with Crippen molar-refractivity contribution < 1.29 is 4.74 Å². The number of rotatable bonds is 3. The smallest absolute Gasteiger partial charge is 0.258 e. The fraction of sp³-hybridized carbons (Fsp3) is 0.125. The molecular weight excluding hydrogens is 368 g/mol. The molecule has 0 atom stereocenters. The minimum absolute atomic E-state index is 0.114. The van der Waals surface area contributed by atoms with Gasteiger partial charge >= 0.3 is 0 Å². The number of pyridine rings is 1. The topological polar surface area (TPSA) is 43.6 Å². The maximum atomic E-state index is 12.2. The molecule has 0 aliphatic heterocycles. The summed E-state index contributed by atoms with van der Waals surface area (Å²) in [7, 11) is 0. The first-order valence-corrected chi connectivity index (χ1v) is 7.78. The number of ether oxygens (including phenoxy) is 1. The van der Waals surface area contributed by atoms with Crippen LogP contribution in [0.2, 0.25) is 5.02 Å². The molecule has 3 aromatic rings. The van der Waals surface area contributed by atoms with Crippen LogP contribution >= 0.6 is 27.5 Å². The monoisotopic (exact) mass is 378 g/mol. The molecule has 0 bridgehead atoms. The number of hydrogen-bond acceptors (Lipinski definition) is 3. The molecule has 0 spiro atoms. The van der Waals surface area contributed by atoms with Crippen molar-refractivity contribution in [2.24, 2.45) is 0 Å². The van der Waals surface area contributed by atoms with Crippen molar-refractivity contribution in [3.8, 4) is 5.75 Å². The lowest BCUT2D eigenvalue weighted by atomic mass is 10.3. The molecule has 3 rings (SSSR count). The summed E-state index contributed by atoms with van der Waals surface area (Å²) in [6, 6.07) is 12.3. The van der Waals surface area contributed by atoms with Crippen LogP contribution in [0.15, 0.2) is 51.7 Å². The van der Waals surface area contributed by atoms with Crippen LogP contribution in [0.4, 0.5) is 0 Å². The van der Waals surface area contributed by atoms with Gasteiger partial charge in [-0.15, -0.1) is 0 Å². The van der Waals surface area contributed by atoms with Crippen LogP contribution in [0.3, 0.4) is 0 Å². The van der Waals surface area contributed by atoms with E-state index in [4.69, 9.17) is 16.3 Å². The number of aryl methyl sites for hydroxylation is 1. The summed E-state index contributed by atoms with van der Waals surface area (Å²) in [6.45, 7) is 2.08. The maximum Gasteiger partial charge on any atom is 0.258 e. The fourth-order valence-corrected chi connectivity index (χ4v) is 2.98. The van der Waals surface area contributed by atoms with Gasteiger partial charge in [0, 0.05) is 16.8 Å². The summed E-state index contributed by atoms with van der Waals surface area (Å²) in [6.07, 6.45) is 0. The first-order valence-electron chi connectivity index (χ1n) is 6.61. The molecule has 0 saturated carbocycles. The highest BCUT2D eigenvalue weighted by Crippen LogP contribution is 2.28. The van der Waals surface area contributed by atoms with Crippen molar-refractivity contribution in [3.05, 3.63) is 73.7 Å². The molecule has 112 valence electrons. The van der Waals surface area contributed by atoms with E-state index in [2.05, 4.69) is 20.9 Å². The van der Waals surface area contributed by atoms with E-state index in [9.17, 15) is 4.79 Å². The maximum absolute atomic E-state index is 12.2. The lowest BCUT2D eigenvalue weighted by Gasteiger charge is -2.09. The summed E-state index contributed by atoms with van der Waals surface area (Å²) in [5, 5.41) is 0.622. The van der Waals surface area contributed by atoms with E-state index in [1.54, 1.807) is 28.7 Å². The third kappa shape index (κ3) is 3.00. The average Bonchev–Trinajstić information content (AvgIpc) is 2.46. The molecular formula is C16H12BrClN2O2. The van der Waals surface area contributed by atoms with E-state index in [0.717, 1.165) is 10.2 Å². The van der Waals surface area contributed by atoms with Crippen LogP contribution in [0.25, 0.3) is 5.65 Å². The average molecular weight is 380 g/mol. The van der Waals surface area contributed by atoms with Crippen molar-refractivity contribution in [1.29, 1.82) is 0 Å². The zero-order chi connectivity index (χ0) is 15.7. The van der Waals surface area contributed by atoms with Gasteiger partial charge in [-0.3, -0.25) is 9.20 Å². The van der Waals surface area contributed by atoms with E-state index in [0.29, 0.717) is 22.1 Å². The summed E-state index contributed by atoms with van der Waals surface area (Å²) < 4.78 is 8.02. The summed E-state index contributed by atoms with van der Waals surface area (Å²) in [4.78, 5) is 16.6. The zero-order valence-electron chi connectivity index (χ0n) is 11.7. The van der Waals surface area contributed by atoms with Crippen molar-refractivity contribution in [2.45, 2.75) is 13.5 Å². The Labute approximate surface area is 140 Å². The van der Waals surface area contributed by atoms with E-state index in [1.165, 1.54) is 6.07 Å². The molecule has 0 aliphatic carbocycles. The summed E-state index contributed by atoms with van der Waals surface area (Å²) in [5.74, 6) is 0.649. The van der Waals surface area contributed by atoms with Gasteiger partial charge in [0.2, 0.25) is 0 Å². The third-order valence-electron chi connectivity index (χ3n) is 3.20. The minimum Gasteiger partial charge on any atom is -0.486 e. The lowest BCUT2D eigenvalue weighted by Crippen LogP contribution is -2.18. The van der Waals surface area contributed by atoms with Crippen LogP contribution < -0.4 is 10.3 Å². The number of halogens is 2. The van der Waals surface area contributed by atoms with Gasteiger partial charge in [-0.25, -0.2) is 4.98 Å². The number of aromatic nitrogens is 2. The summed E-state index contributed by atoms with van der Waals surface area (Å²) >= 11 is 9.28. The Balaban J connectivity index is 1.90. The third-order valence-corrected chi connectivity index (χ3v) is 4.06. The molecule has 22 heavy (non-hydrogen) atoms. The van der Waals surface area contributed by atoms with Crippen LogP contribution in [0, 0.1) is 6.92 Å². The minimum atomic E-state index is -0.114. The predicted octanol–water partition coefficient (Wildman–Crippen LogP) is 4.00. The lowest BCUT2D eigenvalue weighted by molar-refractivity contribution is 0.299. The molecule has 0 fully saturated rings. The number of benzene rings is 1. The second kappa shape index (κ2) is 6.10. The molecule has 1 aromatic carbocycles. The molecule has 2 aromatic heterocycles. The second-order valence-electron chi connectivity index (χ2n) is 4.81. The Morgan fingerprint density at radius 1 is 1.27 bits per heavy atom. The first kappa shape index (κ1) is 15.1. The molecule has 0 amide bonds. The molecule has 0 aliphatic rings. The second-order valence-corrected chi connectivity index (χ2v) is 6.10. The van der Waals surface area contributed by atoms with Crippen LogP contribution in [0.5, 0.6) is 5.75 Å². The molecule has 0 unspecified atom stereocenters. The molecule has 2 heterocycles. The van der Waals surface area contributed by atoms with Crippen molar-refractivity contribution in [3.63, 3.8) is 0 Å². The van der Waals surface area contributed by atoms with Crippen LogP contribution in [-0.4, -0.2) is 9.38 Å². The van der Waals surface area contributed by atoms with Gasteiger partial charge < -0.3 is 4.74 Å². The van der Waals surface area contributed by atoms with Gasteiger partial charge in [0.15, 0.2) is 0 Å². The van der Waals surface area contributed by atoms with E-state index in [-0.39, 0.29) is 12.2 Å². The van der Waals surface area contributed by atoms with Gasteiger partial charge in [0.1, 0.15) is 18.0 Å². The van der Waals surface area contributed by atoms with Gasteiger partial charge in [-0.05, 0) is 53.2 Å². The normalized spacial score (nSPS) is 10.9. The summed E-state index contributed by atoms with van der Waals surface area (Å²) in [5.41, 5.74) is 1.93. The Bertz CT molecular complexity index is 908. The highest BCUT2D eigenvalue weighted by atomic mass is 79.9. The standard InChI is InChI=1S/C16H12BrClN2O2/c1-10-3-2-4-15-19-12(8-16(21)20(10)15)9-22-14-6-5-11(18)7-13(14)17/h2-8H,9H2,1H3. The number of fused-ring (bicyclic) bond motifs is 1. The Morgan fingerprint density at radius 3 is 2.86 bits per heavy atom. The van der Waals surface area contributed by atoms with E-state index >= 15 is 0 Å². The van der Waals surface area contributed by atoms with Crippen molar-refractivity contribution >= 4 is 33.2 Å². The Morgan fingerprint density at radius 2 is 2.09 bits per heavy atom. The van der Waals surface area contributed by atoms with Crippen LogP contribution in [-0.2, 0) is 6.61 Å². The Hall–Kier alpha value is -1.85. The van der Waals surface area contributed by atoms with E-state index in [1.807, 2.05) is 19.1 Å². The Kier molecular flexibility index (Phi) is 4.18. The fourth-order valence-electron chi connectivity index (χ4n) is 2.18. The predicted molar refractivity (Wildman–Crippen MR) is 89.7 cm³/mol. The number of hydrogen-bond donors (Lipinski definition) is 0.